The molecule has 1 aromatic rings. The molecule has 0 spiro atoms. The fourth-order valence-electron chi connectivity index (χ4n) is 1.11. The molecule has 0 atom stereocenters. The van der Waals surface area contributed by atoms with Gasteiger partial charge in [0.2, 0.25) is 0 Å². The highest BCUT2D eigenvalue weighted by atomic mass is 16.5. The van der Waals surface area contributed by atoms with Crippen molar-refractivity contribution < 1.29 is 9.53 Å². The zero-order valence-corrected chi connectivity index (χ0v) is 8.40. The summed E-state index contributed by atoms with van der Waals surface area (Å²) in [5.74, 6) is 2.22. The van der Waals surface area contributed by atoms with Gasteiger partial charge in [0, 0.05) is 6.54 Å². The molecule has 1 rings (SSSR count). The van der Waals surface area contributed by atoms with Crippen LogP contribution in [0.25, 0.3) is 0 Å². The van der Waals surface area contributed by atoms with E-state index in [4.69, 9.17) is 6.42 Å². The number of carbonyl (C=O) groups is 1. The number of carbonyl (C=O) groups excluding carboxylic acids is 1. The van der Waals surface area contributed by atoms with Crippen LogP contribution < -0.4 is 5.32 Å². The molecular weight excluding hydrogens is 190 g/mol. The second-order valence-corrected chi connectivity index (χ2v) is 2.94. The van der Waals surface area contributed by atoms with Crippen LogP contribution in [0.4, 0.5) is 4.79 Å². The monoisotopic (exact) mass is 203 g/mol. The van der Waals surface area contributed by atoms with Gasteiger partial charge in [0.25, 0.3) is 0 Å². The van der Waals surface area contributed by atoms with Gasteiger partial charge in [-0.1, -0.05) is 36.3 Å². The summed E-state index contributed by atoms with van der Waals surface area (Å²) >= 11 is 0. The molecule has 0 unspecified atom stereocenters. The number of hydrogen-bond donors (Lipinski definition) is 1. The van der Waals surface area contributed by atoms with Crippen molar-refractivity contribution in [2.45, 2.75) is 6.42 Å². The van der Waals surface area contributed by atoms with E-state index in [0.29, 0.717) is 6.54 Å². The molecule has 1 aromatic carbocycles. The van der Waals surface area contributed by atoms with Crippen LogP contribution in [-0.4, -0.2) is 19.2 Å². The topological polar surface area (TPSA) is 38.3 Å². The molecule has 0 bridgehead atoms. The number of alkyl carbamates (subject to hydrolysis) is 1. The smallest absolute Gasteiger partial charge is 0.408 e. The molecule has 0 aromatic heterocycles. The van der Waals surface area contributed by atoms with E-state index in [0.717, 1.165) is 6.42 Å². The molecule has 1 N–H and O–H groups in total. The lowest BCUT2D eigenvalue weighted by Gasteiger charge is -2.04. The molecule has 3 nitrogen and oxygen atoms in total. The van der Waals surface area contributed by atoms with Gasteiger partial charge in [-0.2, -0.15) is 0 Å². The summed E-state index contributed by atoms with van der Waals surface area (Å²) in [7, 11) is 0. The van der Waals surface area contributed by atoms with Crippen molar-refractivity contribution in [1.29, 1.82) is 0 Å². The lowest BCUT2D eigenvalue weighted by atomic mass is 10.1. The first-order chi connectivity index (χ1) is 7.33. The lowest BCUT2D eigenvalue weighted by Crippen LogP contribution is -2.26. The summed E-state index contributed by atoms with van der Waals surface area (Å²) in [5, 5.41) is 2.61. The molecule has 78 valence electrons. The number of hydrogen-bond acceptors (Lipinski definition) is 2. The minimum atomic E-state index is -0.469. The Bertz CT molecular complexity index is 340. The molecule has 0 radical (unpaired) electrons. The SMILES string of the molecule is C#CCOC(=O)NCCc1ccccc1. The molecule has 0 heterocycles. The Morgan fingerprint density at radius 1 is 1.40 bits per heavy atom. The van der Waals surface area contributed by atoms with Crippen LogP contribution in [0.15, 0.2) is 30.3 Å². The molecule has 0 aliphatic rings. The van der Waals surface area contributed by atoms with Crippen molar-refractivity contribution in [3.8, 4) is 12.3 Å². The molecular formula is C12H13NO2. The maximum absolute atomic E-state index is 11.0. The van der Waals surface area contributed by atoms with Crippen molar-refractivity contribution in [3.05, 3.63) is 35.9 Å². The average molecular weight is 203 g/mol. The molecule has 3 heteroatoms. The van der Waals surface area contributed by atoms with Crippen molar-refractivity contribution in [2.75, 3.05) is 13.2 Å². The van der Waals surface area contributed by atoms with Gasteiger partial charge < -0.3 is 10.1 Å². The predicted molar refractivity (Wildman–Crippen MR) is 58.3 cm³/mol. The lowest BCUT2D eigenvalue weighted by molar-refractivity contribution is 0.160. The summed E-state index contributed by atoms with van der Waals surface area (Å²) in [6.45, 7) is 0.560. The summed E-state index contributed by atoms with van der Waals surface area (Å²) < 4.78 is 4.64. The Morgan fingerprint density at radius 3 is 2.80 bits per heavy atom. The third-order valence-corrected chi connectivity index (χ3v) is 1.81. The number of terminal acetylenes is 1. The quantitative estimate of drug-likeness (QED) is 0.755. The van der Waals surface area contributed by atoms with Crippen LogP contribution in [0.5, 0.6) is 0 Å². The summed E-state index contributed by atoms with van der Waals surface area (Å²) in [6, 6.07) is 9.90. The number of amides is 1. The van der Waals surface area contributed by atoms with Crippen LogP contribution >= 0.6 is 0 Å². The minimum Gasteiger partial charge on any atom is -0.436 e. The van der Waals surface area contributed by atoms with Crippen molar-refractivity contribution >= 4 is 6.09 Å². The number of ether oxygens (including phenoxy) is 1. The summed E-state index contributed by atoms with van der Waals surface area (Å²) in [5.41, 5.74) is 1.18. The molecule has 1 amide bonds. The largest absolute Gasteiger partial charge is 0.436 e. The normalized spacial score (nSPS) is 9.00. The van der Waals surface area contributed by atoms with E-state index in [2.05, 4.69) is 16.0 Å². The molecule has 0 saturated carbocycles. The van der Waals surface area contributed by atoms with Crippen LogP contribution in [0, 0.1) is 12.3 Å². The van der Waals surface area contributed by atoms with E-state index < -0.39 is 6.09 Å². The Hall–Kier alpha value is -1.95. The Kier molecular flexibility index (Phi) is 4.82. The van der Waals surface area contributed by atoms with E-state index >= 15 is 0 Å². The Labute approximate surface area is 89.4 Å². The highest BCUT2D eigenvalue weighted by molar-refractivity contribution is 5.67. The van der Waals surface area contributed by atoms with Crippen LogP contribution in [0.1, 0.15) is 5.56 Å². The van der Waals surface area contributed by atoms with Crippen molar-refractivity contribution in [2.24, 2.45) is 0 Å². The number of benzene rings is 1. The van der Waals surface area contributed by atoms with Gasteiger partial charge in [-0.3, -0.25) is 0 Å². The molecule has 0 fully saturated rings. The minimum absolute atomic E-state index is 0.0111. The van der Waals surface area contributed by atoms with E-state index in [1.54, 1.807) is 0 Å². The van der Waals surface area contributed by atoms with Gasteiger partial charge in [-0.05, 0) is 12.0 Å². The first-order valence-corrected chi connectivity index (χ1v) is 4.71. The van der Waals surface area contributed by atoms with E-state index in [-0.39, 0.29) is 6.61 Å². The van der Waals surface area contributed by atoms with Gasteiger partial charge in [-0.15, -0.1) is 6.42 Å². The Morgan fingerprint density at radius 2 is 2.13 bits per heavy atom. The zero-order valence-electron chi connectivity index (χ0n) is 8.40. The summed E-state index contributed by atoms with van der Waals surface area (Å²) in [4.78, 5) is 11.0. The fraction of sp³-hybridized carbons (Fsp3) is 0.250. The average Bonchev–Trinajstić information content (AvgIpc) is 2.28. The molecule has 0 saturated heterocycles. The third kappa shape index (κ3) is 4.72. The molecule has 0 aliphatic carbocycles. The predicted octanol–water partition coefficient (Wildman–Crippen LogP) is 1.59. The second-order valence-electron chi connectivity index (χ2n) is 2.94. The molecule has 15 heavy (non-hydrogen) atoms. The van der Waals surface area contributed by atoms with E-state index in [9.17, 15) is 4.79 Å². The number of rotatable bonds is 4. The van der Waals surface area contributed by atoms with Crippen LogP contribution in [0.3, 0.4) is 0 Å². The van der Waals surface area contributed by atoms with Crippen molar-refractivity contribution in [1.82, 2.24) is 5.32 Å². The van der Waals surface area contributed by atoms with Gasteiger partial charge in [-0.25, -0.2) is 4.79 Å². The van der Waals surface area contributed by atoms with E-state index in [1.807, 2.05) is 30.3 Å². The first-order valence-electron chi connectivity index (χ1n) is 4.71. The van der Waals surface area contributed by atoms with Crippen LogP contribution in [-0.2, 0) is 11.2 Å². The third-order valence-electron chi connectivity index (χ3n) is 1.81. The van der Waals surface area contributed by atoms with Gasteiger partial charge in [0.05, 0.1) is 0 Å². The summed E-state index contributed by atoms with van der Waals surface area (Å²) in [6.07, 6.45) is 5.26. The first kappa shape index (κ1) is 11.1. The van der Waals surface area contributed by atoms with Gasteiger partial charge in [0.15, 0.2) is 6.61 Å². The number of nitrogens with one attached hydrogen (secondary N) is 1. The van der Waals surface area contributed by atoms with E-state index in [1.165, 1.54) is 5.56 Å². The highest BCUT2D eigenvalue weighted by Gasteiger charge is 1.99. The standard InChI is InChI=1S/C12H13NO2/c1-2-10-15-12(14)13-9-8-11-6-4-3-5-7-11/h1,3-7H,8-10H2,(H,13,14). The second kappa shape index (κ2) is 6.50. The highest BCUT2D eigenvalue weighted by Crippen LogP contribution is 1.97. The Balaban J connectivity index is 2.17. The fourth-order valence-corrected chi connectivity index (χ4v) is 1.11. The maximum Gasteiger partial charge on any atom is 0.408 e. The van der Waals surface area contributed by atoms with Crippen molar-refractivity contribution in [3.63, 3.8) is 0 Å². The van der Waals surface area contributed by atoms with Gasteiger partial charge in [0.1, 0.15) is 0 Å². The van der Waals surface area contributed by atoms with Gasteiger partial charge >= 0.3 is 6.09 Å². The maximum atomic E-state index is 11.0. The molecule has 0 aliphatic heterocycles. The van der Waals surface area contributed by atoms with Crippen LogP contribution in [0.2, 0.25) is 0 Å². The zero-order chi connectivity index (χ0) is 10.9.